The maximum Gasteiger partial charge on any atom is 0.263 e. The Bertz CT molecular complexity index is 727. The number of rotatable bonds is 2. The minimum absolute atomic E-state index is 0.101. The Morgan fingerprint density at radius 3 is 3.05 bits per heavy atom. The lowest BCUT2D eigenvalue weighted by atomic mass is 9.95. The number of nitrogens with zero attached hydrogens (tertiary/aromatic N) is 1. The van der Waals surface area contributed by atoms with E-state index in [0.29, 0.717) is 16.7 Å². The van der Waals surface area contributed by atoms with Crippen LogP contribution in [0.25, 0.3) is 10.2 Å². The molecule has 2 bridgehead atoms. The molecular weight excluding hydrogens is 286 g/mol. The Balaban J connectivity index is 1.62. The first-order valence-electron chi connectivity index (χ1n) is 7.23. The van der Waals surface area contributed by atoms with Gasteiger partial charge in [-0.1, -0.05) is 0 Å². The van der Waals surface area contributed by atoms with Crippen LogP contribution in [-0.2, 0) is 4.74 Å². The van der Waals surface area contributed by atoms with Gasteiger partial charge >= 0.3 is 0 Å². The molecule has 2 fully saturated rings. The van der Waals surface area contributed by atoms with Gasteiger partial charge in [0.2, 0.25) is 0 Å². The zero-order chi connectivity index (χ0) is 14.6. The molecule has 6 heteroatoms. The van der Waals surface area contributed by atoms with Crippen molar-refractivity contribution in [3.8, 4) is 0 Å². The number of thiophene rings is 1. The van der Waals surface area contributed by atoms with Gasteiger partial charge in [0.15, 0.2) is 0 Å². The van der Waals surface area contributed by atoms with Crippen LogP contribution in [0.5, 0.6) is 0 Å². The fourth-order valence-corrected chi connectivity index (χ4v) is 4.44. The molecule has 1 amide bonds. The predicted octanol–water partition coefficient (Wildman–Crippen LogP) is 2.24. The van der Waals surface area contributed by atoms with Crippen LogP contribution in [-0.4, -0.2) is 29.1 Å². The van der Waals surface area contributed by atoms with Crippen molar-refractivity contribution < 1.29 is 9.53 Å². The third-order valence-corrected chi connectivity index (χ3v) is 5.58. The summed E-state index contributed by atoms with van der Waals surface area (Å²) in [6.45, 7) is 1.98. The number of amides is 1. The fraction of sp³-hybridized carbons (Fsp3) is 0.467. The van der Waals surface area contributed by atoms with Crippen LogP contribution in [0, 0.1) is 6.92 Å². The van der Waals surface area contributed by atoms with Crippen LogP contribution in [0.1, 0.15) is 34.5 Å². The van der Waals surface area contributed by atoms with Crippen LogP contribution in [0.3, 0.4) is 0 Å². The maximum absolute atomic E-state index is 12.5. The number of carbonyl (C=O) groups is 1. The molecule has 2 aliphatic rings. The molecule has 110 valence electrons. The minimum atomic E-state index is -0.101. The van der Waals surface area contributed by atoms with E-state index in [1.54, 1.807) is 6.20 Å². The van der Waals surface area contributed by atoms with Gasteiger partial charge in [0.1, 0.15) is 9.71 Å². The molecule has 3 N–H and O–H groups in total. The van der Waals surface area contributed by atoms with Crippen LogP contribution in [0.15, 0.2) is 12.3 Å². The number of aryl methyl sites for hydroxylation is 1. The van der Waals surface area contributed by atoms with Crippen LogP contribution < -0.4 is 11.1 Å². The van der Waals surface area contributed by atoms with Gasteiger partial charge in [-0.3, -0.25) is 4.79 Å². The van der Waals surface area contributed by atoms with Gasteiger partial charge in [-0.15, -0.1) is 11.3 Å². The zero-order valence-electron chi connectivity index (χ0n) is 11.8. The van der Waals surface area contributed by atoms with Crippen molar-refractivity contribution >= 4 is 33.1 Å². The van der Waals surface area contributed by atoms with E-state index in [-0.39, 0.29) is 18.1 Å². The summed E-state index contributed by atoms with van der Waals surface area (Å²) in [4.78, 5) is 18.2. The SMILES string of the molecule is Cc1ccnc2sc(C(=O)NC3CC4CCC3O4)c(N)c12. The molecule has 2 aromatic heterocycles. The largest absolute Gasteiger partial charge is 0.397 e. The van der Waals surface area contributed by atoms with Gasteiger partial charge in [0.25, 0.3) is 5.91 Å². The number of carbonyl (C=O) groups excluding carboxylic acids is 1. The number of aromatic nitrogens is 1. The lowest BCUT2D eigenvalue weighted by Crippen LogP contribution is -2.41. The van der Waals surface area contributed by atoms with E-state index < -0.39 is 0 Å². The fourth-order valence-electron chi connectivity index (χ4n) is 3.40. The van der Waals surface area contributed by atoms with Crippen molar-refractivity contribution in [1.82, 2.24) is 10.3 Å². The van der Waals surface area contributed by atoms with E-state index in [2.05, 4.69) is 10.3 Å². The van der Waals surface area contributed by atoms with Crippen molar-refractivity contribution in [2.24, 2.45) is 0 Å². The number of nitrogens with two attached hydrogens (primary N) is 1. The highest BCUT2D eigenvalue weighted by Crippen LogP contribution is 2.36. The van der Waals surface area contributed by atoms with E-state index in [1.807, 2.05) is 13.0 Å². The van der Waals surface area contributed by atoms with Crippen LogP contribution >= 0.6 is 11.3 Å². The van der Waals surface area contributed by atoms with E-state index in [4.69, 9.17) is 10.5 Å². The molecule has 2 aromatic rings. The number of fused-ring (bicyclic) bond motifs is 3. The summed E-state index contributed by atoms with van der Waals surface area (Å²) in [5.41, 5.74) is 7.76. The molecule has 2 saturated heterocycles. The summed E-state index contributed by atoms with van der Waals surface area (Å²) < 4.78 is 5.77. The number of nitrogens with one attached hydrogen (secondary N) is 1. The number of nitrogen functional groups attached to an aromatic ring is 1. The lowest BCUT2D eigenvalue weighted by molar-refractivity contribution is 0.0844. The summed E-state index contributed by atoms with van der Waals surface area (Å²) in [5, 5.41) is 3.99. The molecule has 0 saturated carbocycles. The Morgan fingerprint density at radius 2 is 2.38 bits per heavy atom. The highest BCUT2D eigenvalue weighted by Gasteiger charge is 2.41. The van der Waals surface area contributed by atoms with E-state index in [9.17, 15) is 4.79 Å². The average molecular weight is 303 g/mol. The van der Waals surface area contributed by atoms with Crippen molar-refractivity contribution in [3.63, 3.8) is 0 Å². The second kappa shape index (κ2) is 4.68. The number of pyridine rings is 1. The van der Waals surface area contributed by atoms with Gasteiger partial charge in [0, 0.05) is 11.6 Å². The first-order chi connectivity index (χ1) is 10.1. The normalized spacial score (nSPS) is 27.4. The molecule has 21 heavy (non-hydrogen) atoms. The maximum atomic E-state index is 12.5. The molecule has 3 atom stereocenters. The molecule has 3 unspecified atom stereocenters. The number of hydrogen-bond donors (Lipinski definition) is 2. The van der Waals surface area contributed by atoms with Crippen LogP contribution in [0.2, 0.25) is 0 Å². The zero-order valence-corrected chi connectivity index (χ0v) is 12.6. The third-order valence-electron chi connectivity index (χ3n) is 4.47. The van der Waals surface area contributed by atoms with Gasteiger partial charge in [-0.05, 0) is 37.8 Å². The first kappa shape index (κ1) is 13.0. The van der Waals surface area contributed by atoms with Gasteiger partial charge in [-0.2, -0.15) is 0 Å². The molecule has 0 aliphatic carbocycles. The molecule has 0 spiro atoms. The van der Waals surface area contributed by atoms with Crippen molar-refractivity contribution in [3.05, 3.63) is 22.7 Å². The lowest BCUT2D eigenvalue weighted by Gasteiger charge is -2.19. The minimum Gasteiger partial charge on any atom is -0.397 e. The highest BCUT2D eigenvalue weighted by atomic mass is 32.1. The van der Waals surface area contributed by atoms with E-state index >= 15 is 0 Å². The Morgan fingerprint density at radius 1 is 1.52 bits per heavy atom. The Kier molecular flexibility index (Phi) is 2.90. The second-order valence-corrected chi connectivity index (χ2v) is 6.84. The number of anilines is 1. The summed E-state index contributed by atoms with van der Waals surface area (Å²) >= 11 is 1.36. The molecule has 4 heterocycles. The highest BCUT2D eigenvalue weighted by molar-refractivity contribution is 7.21. The van der Waals surface area contributed by atoms with Gasteiger partial charge < -0.3 is 15.8 Å². The quantitative estimate of drug-likeness (QED) is 0.892. The molecule has 5 nitrogen and oxygen atoms in total. The number of hydrogen-bond acceptors (Lipinski definition) is 5. The summed E-state index contributed by atoms with van der Waals surface area (Å²) in [6.07, 6.45) is 5.32. The monoisotopic (exact) mass is 303 g/mol. The topological polar surface area (TPSA) is 77.2 Å². The summed E-state index contributed by atoms with van der Waals surface area (Å²) in [7, 11) is 0. The van der Waals surface area contributed by atoms with E-state index in [1.165, 1.54) is 11.3 Å². The van der Waals surface area contributed by atoms with Crippen molar-refractivity contribution in [2.75, 3.05) is 5.73 Å². The second-order valence-electron chi connectivity index (χ2n) is 5.84. The smallest absolute Gasteiger partial charge is 0.263 e. The van der Waals surface area contributed by atoms with Gasteiger partial charge in [0.05, 0.1) is 23.9 Å². The van der Waals surface area contributed by atoms with Gasteiger partial charge in [-0.25, -0.2) is 4.98 Å². The molecule has 0 radical (unpaired) electrons. The molecular formula is C15H17N3O2S. The average Bonchev–Trinajstić information content (AvgIpc) is 3.13. The van der Waals surface area contributed by atoms with E-state index in [0.717, 1.165) is 35.0 Å². The third kappa shape index (κ3) is 2.01. The Hall–Kier alpha value is -1.66. The molecule has 2 aliphatic heterocycles. The standard InChI is InChI=1S/C15H17N3O2S/c1-7-4-5-17-15-11(7)12(16)13(21-15)14(19)18-9-6-8-2-3-10(9)20-8/h4-5,8-10H,2-3,6,16H2,1H3,(H,18,19). The van der Waals surface area contributed by atoms with Crippen molar-refractivity contribution in [1.29, 1.82) is 0 Å². The predicted molar refractivity (Wildman–Crippen MR) is 82.5 cm³/mol. The van der Waals surface area contributed by atoms with Crippen LogP contribution in [0.4, 0.5) is 5.69 Å². The number of ether oxygens (including phenoxy) is 1. The summed E-state index contributed by atoms with van der Waals surface area (Å²) in [5.74, 6) is -0.101. The van der Waals surface area contributed by atoms with Crippen molar-refractivity contribution in [2.45, 2.75) is 44.4 Å². The summed E-state index contributed by atoms with van der Waals surface area (Å²) in [6, 6.07) is 2.03. The Labute approximate surface area is 126 Å². The molecule has 0 aromatic carbocycles. The first-order valence-corrected chi connectivity index (χ1v) is 8.05. The molecule has 4 rings (SSSR count).